The van der Waals surface area contributed by atoms with Crippen molar-refractivity contribution in [3.63, 3.8) is 0 Å². The standard InChI is InChI=1S/C13H8N/c1-2-6-12-10(4-1)7-8-11-5-3-9-14-13(11)12/h1-8H. The highest BCUT2D eigenvalue weighted by molar-refractivity contribution is 6.04. The molecular weight excluding hydrogens is 170 g/mol. The van der Waals surface area contributed by atoms with Crippen LogP contribution in [0.5, 0.6) is 0 Å². The van der Waals surface area contributed by atoms with Crippen LogP contribution in [0, 0.1) is 6.20 Å². The van der Waals surface area contributed by atoms with Gasteiger partial charge in [-0.2, -0.15) is 0 Å². The highest BCUT2D eigenvalue weighted by atomic mass is 14.6. The summed E-state index contributed by atoms with van der Waals surface area (Å²) in [7, 11) is 0. The zero-order chi connectivity index (χ0) is 9.38. The van der Waals surface area contributed by atoms with E-state index in [1.165, 1.54) is 16.2 Å². The molecule has 0 bridgehead atoms. The van der Waals surface area contributed by atoms with Gasteiger partial charge in [-0.15, -0.1) is 0 Å². The second-order valence-corrected chi connectivity index (χ2v) is 3.30. The van der Waals surface area contributed by atoms with Gasteiger partial charge in [0.2, 0.25) is 0 Å². The van der Waals surface area contributed by atoms with Crippen molar-refractivity contribution in [2.75, 3.05) is 0 Å². The Bertz CT molecular complexity index is 544. The van der Waals surface area contributed by atoms with Gasteiger partial charge in [0.15, 0.2) is 0 Å². The fourth-order valence-corrected chi connectivity index (χ4v) is 1.76. The smallest absolute Gasteiger partial charge is 0.0894 e. The minimum atomic E-state index is 1.03. The minimum Gasteiger partial charge on any atom is -0.245 e. The summed E-state index contributed by atoms with van der Waals surface area (Å²) in [6.45, 7) is 0. The first-order valence-corrected chi connectivity index (χ1v) is 4.60. The van der Waals surface area contributed by atoms with E-state index in [4.69, 9.17) is 0 Å². The molecule has 1 aromatic heterocycles. The van der Waals surface area contributed by atoms with Crippen LogP contribution in [0.25, 0.3) is 21.7 Å². The van der Waals surface area contributed by atoms with E-state index >= 15 is 0 Å². The van der Waals surface area contributed by atoms with E-state index < -0.39 is 0 Å². The Morgan fingerprint density at radius 3 is 2.71 bits per heavy atom. The molecule has 0 aliphatic heterocycles. The van der Waals surface area contributed by atoms with E-state index in [1.807, 2.05) is 24.3 Å². The quantitative estimate of drug-likeness (QED) is 0.482. The second-order valence-electron chi connectivity index (χ2n) is 3.30. The van der Waals surface area contributed by atoms with Crippen LogP contribution in [-0.2, 0) is 0 Å². The lowest BCUT2D eigenvalue weighted by atomic mass is 10.1. The molecule has 14 heavy (non-hydrogen) atoms. The summed E-state index contributed by atoms with van der Waals surface area (Å²) in [5.74, 6) is 0. The molecule has 0 saturated carbocycles. The third kappa shape index (κ3) is 0.990. The fourth-order valence-electron chi connectivity index (χ4n) is 1.76. The van der Waals surface area contributed by atoms with Gasteiger partial charge in [-0.1, -0.05) is 42.5 Å². The van der Waals surface area contributed by atoms with Crippen LogP contribution >= 0.6 is 0 Å². The van der Waals surface area contributed by atoms with Crippen LogP contribution in [0.1, 0.15) is 0 Å². The molecule has 2 aromatic carbocycles. The molecule has 0 aliphatic rings. The summed E-state index contributed by atoms with van der Waals surface area (Å²) in [5.41, 5.74) is 1.03. The zero-order valence-corrected chi connectivity index (χ0v) is 7.57. The maximum Gasteiger partial charge on any atom is 0.0894 e. The van der Waals surface area contributed by atoms with Gasteiger partial charge in [-0.3, -0.25) is 0 Å². The van der Waals surface area contributed by atoms with Crippen molar-refractivity contribution in [3.05, 3.63) is 54.7 Å². The van der Waals surface area contributed by atoms with Crippen molar-refractivity contribution < 1.29 is 0 Å². The predicted molar refractivity (Wildman–Crippen MR) is 58.1 cm³/mol. The summed E-state index contributed by atoms with van der Waals surface area (Å²) in [5, 5.41) is 3.59. The van der Waals surface area contributed by atoms with Gasteiger partial charge in [0.25, 0.3) is 0 Å². The van der Waals surface area contributed by atoms with E-state index in [2.05, 4.69) is 35.4 Å². The van der Waals surface area contributed by atoms with Gasteiger partial charge >= 0.3 is 0 Å². The van der Waals surface area contributed by atoms with Crippen molar-refractivity contribution >= 4 is 21.7 Å². The number of aromatic nitrogens is 1. The molecule has 0 amide bonds. The van der Waals surface area contributed by atoms with E-state index in [1.54, 1.807) is 0 Å². The van der Waals surface area contributed by atoms with Gasteiger partial charge < -0.3 is 0 Å². The maximum absolute atomic E-state index is 4.28. The molecule has 0 N–H and O–H groups in total. The first-order valence-electron chi connectivity index (χ1n) is 4.60. The fraction of sp³-hybridized carbons (Fsp3) is 0. The van der Waals surface area contributed by atoms with E-state index in [9.17, 15) is 0 Å². The predicted octanol–water partition coefficient (Wildman–Crippen LogP) is 3.19. The molecular formula is C13H8N. The molecule has 1 nitrogen and oxygen atoms in total. The summed E-state index contributed by atoms with van der Waals surface area (Å²) in [6.07, 6.45) is 2.88. The number of pyridine rings is 1. The summed E-state index contributed by atoms with van der Waals surface area (Å²) in [6, 6.07) is 16.4. The van der Waals surface area contributed by atoms with Crippen molar-refractivity contribution in [2.45, 2.75) is 0 Å². The molecule has 3 aromatic rings. The van der Waals surface area contributed by atoms with Gasteiger partial charge in [-0.25, -0.2) is 4.98 Å². The Morgan fingerprint density at radius 2 is 1.71 bits per heavy atom. The lowest BCUT2D eigenvalue weighted by Crippen LogP contribution is -1.80. The molecule has 0 atom stereocenters. The molecule has 3 rings (SSSR count). The number of nitrogens with zero attached hydrogens (tertiary/aromatic N) is 1. The third-order valence-electron chi connectivity index (χ3n) is 2.45. The Balaban J connectivity index is 2.61. The average molecular weight is 178 g/mol. The minimum absolute atomic E-state index is 1.03. The Morgan fingerprint density at radius 1 is 0.857 bits per heavy atom. The number of hydrogen-bond acceptors (Lipinski definition) is 1. The highest BCUT2D eigenvalue weighted by Gasteiger charge is 1.98. The third-order valence-corrected chi connectivity index (χ3v) is 2.45. The molecule has 0 saturated heterocycles. The largest absolute Gasteiger partial charge is 0.245 e. The van der Waals surface area contributed by atoms with Crippen molar-refractivity contribution in [3.8, 4) is 0 Å². The van der Waals surface area contributed by atoms with Crippen molar-refractivity contribution in [1.82, 2.24) is 4.98 Å². The number of hydrogen-bond donors (Lipinski definition) is 0. The van der Waals surface area contributed by atoms with Gasteiger partial charge in [-0.05, 0) is 11.5 Å². The number of fused-ring (bicyclic) bond motifs is 3. The van der Waals surface area contributed by atoms with Gasteiger partial charge in [0.05, 0.1) is 11.7 Å². The Labute approximate surface area is 82.0 Å². The summed E-state index contributed by atoms with van der Waals surface area (Å²) < 4.78 is 0. The monoisotopic (exact) mass is 178 g/mol. The molecule has 65 valence electrons. The van der Waals surface area contributed by atoms with Gasteiger partial charge in [0.1, 0.15) is 0 Å². The van der Waals surface area contributed by atoms with Crippen LogP contribution in [0.4, 0.5) is 0 Å². The van der Waals surface area contributed by atoms with Crippen LogP contribution < -0.4 is 0 Å². The molecule has 1 heterocycles. The Hall–Kier alpha value is -1.89. The normalized spacial score (nSPS) is 10.9. The molecule has 1 radical (unpaired) electrons. The lowest BCUT2D eigenvalue weighted by molar-refractivity contribution is 1.41. The van der Waals surface area contributed by atoms with Crippen LogP contribution in [-0.4, -0.2) is 4.98 Å². The maximum atomic E-state index is 4.28. The zero-order valence-electron chi connectivity index (χ0n) is 7.57. The van der Waals surface area contributed by atoms with Crippen LogP contribution in [0.15, 0.2) is 48.5 Å². The van der Waals surface area contributed by atoms with Gasteiger partial charge in [0, 0.05) is 10.8 Å². The van der Waals surface area contributed by atoms with Crippen molar-refractivity contribution in [1.29, 1.82) is 0 Å². The molecule has 0 spiro atoms. The van der Waals surface area contributed by atoms with Crippen LogP contribution in [0.2, 0.25) is 0 Å². The molecule has 0 unspecified atom stereocenters. The topological polar surface area (TPSA) is 12.9 Å². The summed E-state index contributed by atoms with van der Waals surface area (Å²) in [4.78, 5) is 4.28. The Kier molecular flexibility index (Phi) is 1.51. The molecule has 0 aliphatic carbocycles. The summed E-state index contributed by atoms with van der Waals surface area (Å²) >= 11 is 0. The average Bonchev–Trinajstić information content (AvgIpc) is 2.29. The number of benzene rings is 2. The first-order chi connectivity index (χ1) is 6.95. The number of rotatable bonds is 0. The lowest BCUT2D eigenvalue weighted by Gasteiger charge is -2.00. The van der Waals surface area contributed by atoms with E-state index in [0.29, 0.717) is 0 Å². The molecule has 1 heteroatoms. The second kappa shape index (κ2) is 2.81. The SMILES string of the molecule is [c]1ccc2ccc3ccccc3c2n1. The molecule has 0 fully saturated rings. The first kappa shape index (κ1) is 7.51. The van der Waals surface area contributed by atoms with Crippen molar-refractivity contribution in [2.24, 2.45) is 0 Å². The highest BCUT2D eigenvalue weighted by Crippen LogP contribution is 2.22. The van der Waals surface area contributed by atoms with Crippen LogP contribution in [0.3, 0.4) is 0 Å². The van der Waals surface area contributed by atoms with E-state index in [0.717, 1.165) is 5.52 Å². The van der Waals surface area contributed by atoms with E-state index in [-0.39, 0.29) is 0 Å².